The summed E-state index contributed by atoms with van der Waals surface area (Å²) < 4.78 is 21.9. The molecular formula is C22H22O9. The van der Waals surface area contributed by atoms with Crippen LogP contribution in [0.25, 0.3) is 22.1 Å². The van der Waals surface area contributed by atoms with Crippen LogP contribution in [-0.2, 0) is 9.47 Å². The van der Waals surface area contributed by atoms with Crippen LogP contribution in [0.3, 0.4) is 0 Å². The standard InChI is InChI=1S/C22H22O9/c1-28-21-17(9-23)31-22(20(27)19(21)26)30-13-6-7-14-16(8-13)29-10-15(18(14)25)11-2-4-12(24)5-3-11/h2-8,10,17,19-24,26-27H,9H2,1H3. The molecule has 1 aromatic heterocycles. The second-order valence-electron chi connectivity index (χ2n) is 7.21. The van der Waals surface area contributed by atoms with Gasteiger partial charge in [-0.05, 0) is 29.8 Å². The number of aromatic hydroxyl groups is 1. The third-order valence-electron chi connectivity index (χ3n) is 5.27. The molecular weight excluding hydrogens is 408 g/mol. The van der Waals surface area contributed by atoms with E-state index in [1.807, 2.05) is 0 Å². The maximum atomic E-state index is 12.9. The summed E-state index contributed by atoms with van der Waals surface area (Å²) >= 11 is 0. The maximum Gasteiger partial charge on any atom is 0.229 e. The Kier molecular flexibility index (Phi) is 5.94. The Morgan fingerprint density at radius 1 is 1.06 bits per heavy atom. The van der Waals surface area contributed by atoms with Crippen LogP contribution in [0.15, 0.2) is 57.9 Å². The summed E-state index contributed by atoms with van der Waals surface area (Å²) in [5.41, 5.74) is 0.937. The Morgan fingerprint density at radius 2 is 1.81 bits per heavy atom. The number of ether oxygens (including phenoxy) is 3. The van der Waals surface area contributed by atoms with Gasteiger partial charge in [-0.2, -0.15) is 0 Å². The minimum absolute atomic E-state index is 0.0909. The number of aliphatic hydroxyl groups is 3. The lowest BCUT2D eigenvalue weighted by atomic mass is 9.99. The summed E-state index contributed by atoms with van der Waals surface area (Å²) in [6.45, 7) is -0.436. The number of fused-ring (bicyclic) bond motifs is 1. The molecule has 164 valence electrons. The van der Waals surface area contributed by atoms with Crippen LogP contribution in [0.2, 0.25) is 0 Å². The topological polar surface area (TPSA) is 139 Å². The highest BCUT2D eigenvalue weighted by Gasteiger charge is 2.45. The van der Waals surface area contributed by atoms with Gasteiger partial charge in [0.05, 0.1) is 17.6 Å². The lowest BCUT2D eigenvalue weighted by Gasteiger charge is -2.41. The number of hydrogen-bond donors (Lipinski definition) is 4. The number of hydrogen-bond acceptors (Lipinski definition) is 9. The van der Waals surface area contributed by atoms with Gasteiger partial charge in [0.2, 0.25) is 6.29 Å². The molecule has 5 unspecified atom stereocenters. The average Bonchev–Trinajstić information content (AvgIpc) is 2.78. The molecule has 4 N–H and O–H groups in total. The molecule has 4 rings (SSSR count). The van der Waals surface area contributed by atoms with E-state index in [4.69, 9.17) is 18.6 Å². The van der Waals surface area contributed by atoms with Crippen molar-refractivity contribution in [2.75, 3.05) is 13.7 Å². The van der Waals surface area contributed by atoms with Gasteiger partial charge in [-0.3, -0.25) is 4.79 Å². The third-order valence-corrected chi connectivity index (χ3v) is 5.27. The smallest absolute Gasteiger partial charge is 0.229 e. The number of phenols is 1. The number of methoxy groups -OCH3 is 1. The SMILES string of the molecule is COC1C(CO)OC(Oc2ccc3c(=O)c(-c4ccc(O)cc4)coc3c2)C(O)C1O. The molecule has 1 aliphatic rings. The molecule has 9 heteroatoms. The van der Waals surface area contributed by atoms with Crippen LogP contribution in [0.5, 0.6) is 11.5 Å². The second kappa shape index (κ2) is 8.66. The van der Waals surface area contributed by atoms with Gasteiger partial charge in [-0.25, -0.2) is 0 Å². The normalized spacial score (nSPS) is 26.1. The van der Waals surface area contributed by atoms with Crippen molar-refractivity contribution in [1.82, 2.24) is 0 Å². The molecule has 31 heavy (non-hydrogen) atoms. The van der Waals surface area contributed by atoms with Gasteiger partial charge in [0.15, 0.2) is 5.43 Å². The maximum absolute atomic E-state index is 12.9. The lowest BCUT2D eigenvalue weighted by Crippen LogP contribution is -2.60. The molecule has 2 aromatic carbocycles. The zero-order valence-corrected chi connectivity index (χ0v) is 16.5. The van der Waals surface area contributed by atoms with Crippen LogP contribution in [0.4, 0.5) is 0 Å². The molecule has 1 fully saturated rings. The minimum atomic E-state index is -1.42. The summed E-state index contributed by atoms with van der Waals surface area (Å²) in [6.07, 6.45) is -4.49. The first-order chi connectivity index (χ1) is 14.9. The van der Waals surface area contributed by atoms with E-state index >= 15 is 0 Å². The molecule has 2 heterocycles. The number of aliphatic hydroxyl groups excluding tert-OH is 3. The minimum Gasteiger partial charge on any atom is -0.508 e. The van der Waals surface area contributed by atoms with Crippen molar-refractivity contribution in [3.63, 3.8) is 0 Å². The van der Waals surface area contributed by atoms with Crippen LogP contribution < -0.4 is 10.2 Å². The van der Waals surface area contributed by atoms with E-state index in [0.717, 1.165) is 0 Å². The molecule has 1 aliphatic heterocycles. The van der Waals surface area contributed by atoms with Crippen molar-refractivity contribution in [1.29, 1.82) is 0 Å². The van der Waals surface area contributed by atoms with E-state index in [1.54, 1.807) is 12.1 Å². The Balaban J connectivity index is 1.60. The number of phenolic OH excluding ortho intramolecular Hbond substituents is 1. The number of benzene rings is 2. The molecule has 0 bridgehead atoms. The van der Waals surface area contributed by atoms with Crippen molar-refractivity contribution in [2.24, 2.45) is 0 Å². The van der Waals surface area contributed by atoms with Crippen molar-refractivity contribution in [3.05, 3.63) is 59.0 Å². The molecule has 0 aliphatic carbocycles. The average molecular weight is 430 g/mol. The van der Waals surface area contributed by atoms with E-state index in [9.17, 15) is 25.2 Å². The van der Waals surface area contributed by atoms with E-state index in [-0.39, 0.29) is 22.5 Å². The highest BCUT2D eigenvalue weighted by Crippen LogP contribution is 2.28. The predicted octanol–water partition coefficient (Wildman–Crippen LogP) is 0.998. The van der Waals surface area contributed by atoms with Gasteiger partial charge in [0, 0.05) is 13.2 Å². The van der Waals surface area contributed by atoms with Crippen molar-refractivity contribution >= 4 is 11.0 Å². The van der Waals surface area contributed by atoms with Gasteiger partial charge in [-0.1, -0.05) is 12.1 Å². The Labute approximate surface area is 176 Å². The molecule has 0 spiro atoms. The van der Waals surface area contributed by atoms with Gasteiger partial charge < -0.3 is 39.1 Å². The fourth-order valence-electron chi connectivity index (χ4n) is 3.60. The lowest BCUT2D eigenvalue weighted by molar-refractivity contribution is -0.281. The van der Waals surface area contributed by atoms with E-state index < -0.39 is 37.3 Å². The Hall–Kier alpha value is -2.95. The molecule has 0 amide bonds. The summed E-state index contributed by atoms with van der Waals surface area (Å²) in [5, 5.41) is 39.7. The first-order valence-corrected chi connectivity index (χ1v) is 9.60. The molecule has 0 saturated carbocycles. The highest BCUT2D eigenvalue weighted by atomic mass is 16.7. The van der Waals surface area contributed by atoms with Gasteiger partial charge in [-0.15, -0.1) is 0 Å². The van der Waals surface area contributed by atoms with Gasteiger partial charge in [0.25, 0.3) is 0 Å². The first-order valence-electron chi connectivity index (χ1n) is 9.60. The summed E-state index contributed by atoms with van der Waals surface area (Å²) in [7, 11) is 1.34. The Bertz CT molecular complexity index is 1110. The van der Waals surface area contributed by atoms with Gasteiger partial charge >= 0.3 is 0 Å². The molecule has 9 nitrogen and oxygen atoms in total. The molecule has 5 atom stereocenters. The fraction of sp³-hybridized carbons (Fsp3) is 0.318. The molecule has 1 saturated heterocycles. The zero-order valence-electron chi connectivity index (χ0n) is 16.5. The molecule has 0 radical (unpaired) electrons. The van der Waals surface area contributed by atoms with Crippen molar-refractivity contribution in [2.45, 2.75) is 30.7 Å². The van der Waals surface area contributed by atoms with Crippen LogP contribution in [-0.4, -0.2) is 64.8 Å². The predicted molar refractivity (Wildman–Crippen MR) is 109 cm³/mol. The highest BCUT2D eigenvalue weighted by molar-refractivity contribution is 5.82. The van der Waals surface area contributed by atoms with Crippen molar-refractivity contribution < 1.29 is 39.1 Å². The summed E-state index contributed by atoms with van der Waals surface area (Å²) in [4.78, 5) is 12.9. The number of rotatable bonds is 5. The Morgan fingerprint density at radius 3 is 2.48 bits per heavy atom. The molecule has 3 aromatic rings. The monoisotopic (exact) mass is 430 g/mol. The fourth-order valence-corrected chi connectivity index (χ4v) is 3.60. The summed E-state index contributed by atoms with van der Waals surface area (Å²) in [5.74, 6) is 0.324. The quantitative estimate of drug-likeness (QED) is 0.467. The summed E-state index contributed by atoms with van der Waals surface area (Å²) in [6, 6.07) is 10.7. The van der Waals surface area contributed by atoms with E-state index in [0.29, 0.717) is 16.5 Å². The van der Waals surface area contributed by atoms with Crippen molar-refractivity contribution in [3.8, 4) is 22.6 Å². The largest absolute Gasteiger partial charge is 0.508 e. The second-order valence-corrected chi connectivity index (χ2v) is 7.21. The third kappa shape index (κ3) is 4.01. The van der Waals surface area contributed by atoms with E-state index in [2.05, 4.69) is 0 Å². The zero-order chi connectivity index (χ0) is 22.1. The first kappa shape index (κ1) is 21.3. The van der Waals surface area contributed by atoms with Crippen LogP contribution in [0.1, 0.15) is 0 Å². The van der Waals surface area contributed by atoms with Gasteiger partial charge in [0.1, 0.15) is 47.8 Å². The van der Waals surface area contributed by atoms with Crippen LogP contribution >= 0.6 is 0 Å². The van der Waals surface area contributed by atoms with Crippen LogP contribution in [0, 0.1) is 0 Å². The van der Waals surface area contributed by atoms with E-state index in [1.165, 1.54) is 43.7 Å².